The van der Waals surface area contributed by atoms with E-state index in [4.69, 9.17) is 0 Å². The number of carbonyl (C=O) groups excluding carboxylic acids is 1. The van der Waals surface area contributed by atoms with Crippen LogP contribution >= 0.6 is 0 Å². The van der Waals surface area contributed by atoms with E-state index in [1.807, 2.05) is 42.1 Å². The Morgan fingerprint density at radius 1 is 1.14 bits per heavy atom. The molecule has 0 saturated carbocycles. The lowest BCUT2D eigenvalue weighted by Gasteiger charge is -2.04. The second kappa shape index (κ2) is 5.40. The molecule has 1 N–H and O–H groups in total. The molecule has 0 aliphatic heterocycles. The van der Waals surface area contributed by atoms with Gasteiger partial charge in [-0.1, -0.05) is 30.3 Å². The van der Waals surface area contributed by atoms with Crippen molar-refractivity contribution in [3.05, 3.63) is 71.7 Å². The summed E-state index contributed by atoms with van der Waals surface area (Å²) in [5.41, 5.74) is 2.53. The lowest BCUT2D eigenvalue weighted by molar-refractivity contribution is 0.0952. The lowest BCUT2D eigenvalue weighted by atomic mass is 10.1. The number of amides is 1. The highest BCUT2D eigenvalue weighted by atomic mass is 19.1. The van der Waals surface area contributed by atoms with Crippen molar-refractivity contribution in [3.8, 4) is 0 Å². The van der Waals surface area contributed by atoms with E-state index in [-0.39, 0.29) is 11.7 Å². The van der Waals surface area contributed by atoms with Gasteiger partial charge in [-0.05, 0) is 23.8 Å². The minimum Gasteiger partial charge on any atom is -0.350 e. The van der Waals surface area contributed by atoms with Gasteiger partial charge in [0.2, 0.25) is 0 Å². The number of aromatic nitrogens is 1. The monoisotopic (exact) mass is 282 g/mol. The molecule has 1 heterocycles. The summed E-state index contributed by atoms with van der Waals surface area (Å²) in [6.07, 6.45) is 1.82. The van der Waals surface area contributed by atoms with Gasteiger partial charge in [0, 0.05) is 30.7 Å². The van der Waals surface area contributed by atoms with Gasteiger partial charge < -0.3 is 9.88 Å². The number of hydrogen-bond acceptors (Lipinski definition) is 1. The Balaban J connectivity index is 1.79. The normalized spacial score (nSPS) is 10.8. The third kappa shape index (κ3) is 2.65. The zero-order valence-electron chi connectivity index (χ0n) is 11.6. The Morgan fingerprint density at radius 2 is 1.86 bits per heavy atom. The van der Waals surface area contributed by atoms with E-state index in [1.165, 1.54) is 12.1 Å². The molecular weight excluding hydrogens is 267 g/mol. The van der Waals surface area contributed by atoms with Gasteiger partial charge in [-0.3, -0.25) is 4.79 Å². The van der Waals surface area contributed by atoms with Crippen molar-refractivity contribution in [2.24, 2.45) is 7.05 Å². The van der Waals surface area contributed by atoms with Gasteiger partial charge in [0.15, 0.2) is 0 Å². The molecule has 4 heteroatoms. The molecule has 106 valence electrons. The topological polar surface area (TPSA) is 34.0 Å². The second-order valence-electron chi connectivity index (χ2n) is 4.98. The molecule has 0 radical (unpaired) electrons. The van der Waals surface area contributed by atoms with Crippen molar-refractivity contribution in [1.82, 2.24) is 9.88 Å². The minimum atomic E-state index is -0.279. The van der Waals surface area contributed by atoms with E-state index in [0.717, 1.165) is 16.5 Å². The van der Waals surface area contributed by atoms with Crippen LogP contribution in [0.4, 0.5) is 4.39 Å². The molecule has 0 saturated heterocycles. The van der Waals surface area contributed by atoms with Gasteiger partial charge in [-0.15, -0.1) is 0 Å². The van der Waals surface area contributed by atoms with Crippen LogP contribution in [0.3, 0.4) is 0 Å². The largest absolute Gasteiger partial charge is 0.350 e. The van der Waals surface area contributed by atoms with Crippen LogP contribution < -0.4 is 5.32 Å². The Bertz CT molecular complexity index is 790. The quantitative estimate of drug-likeness (QED) is 0.786. The fraction of sp³-hybridized carbons (Fsp3) is 0.118. The number of para-hydroxylation sites is 1. The van der Waals surface area contributed by atoms with Crippen LogP contribution in [0.2, 0.25) is 0 Å². The number of benzene rings is 2. The van der Waals surface area contributed by atoms with E-state index in [0.29, 0.717) is 12.1 Å². The van der Waals surface area contributed by atoms with Gasteiger partial charge in [-0.25, -0.2) is 4.39 Å². The molecule has 21 heavy (non-hydrogen) atoms. The summed E-state index contributed by atoms with van der Waals surface area (Å²) in [5, 5.41) is 3.79. The van der Waals surface area contributed by atoms with Crippen molar-refractivity contribution in [1.29, 1.82) is 0 Å². The number of halogens is 1. The number of nitrogens with zero attached hydrogens (tertiary/aromatic N) is 1. The van der Waals surface area contributed by atoms with E-state index >= 15 is 0 Å². The molecule has 0 fully saturated rings. The molecular formula is C17H15FN2O. The van der Waals surface area contributed by atoms with Gasteiger partial charge >= 0.3 is 0 Å². The van der Waals surface area contributed by atoms with Crippen LogP contribution in [0.5, 0.6) is 0 Å². The molecule has 1 amide bonds. The van der Waals surface area contributed by atoms with Crippen molar-refractivity contribution in [2.45, 2.75) is 6.54 Å². The lowest BCUT2D eigenvalue weighted by Crippen LogP contribution is -2.22. The van der Waals surface area contributed by atoms with E-state index < -0.39 is 0 Å². The maximum Gasteiger partial charge on any atom is 0.253 e. The minimum absolute atomic E-state index is 0.129. The third-order valence-electron chi connectivity index (χ3n) is 3.51. The first-order chi connectivity index (χ1) is 10.1. The zero-order chi connectivity index (χ0) is 14.8. The maximum atomic E-state index is 12.8. The number of fused-ring (bicyclic) bond motifs is 1. The number of aryl methyl sites for hydroxylation is 1. The summed E-state index contributed by atoms with van der Waals surface area (Å²) in [4.78, 5) is 12.3. The van der Waals surface area contributed by atoms with Crippen LogP contribution in [-0.4, -0.2) is 10.5 Å². The van der Waals surface area contributed by atoms with Gasteiger partial charge in [-0.2, -0.15) is 0 Å². The fourth-order valence-electron chi connectivity index (χ4n) is 2.40. The average Bonchev–Trinajstić information content (AvgIpc) is 2.84. The maximum absolute atomic E-state index is 12.8. The molecule has 0 spiro atoms. The smallest absolute Gasteiger partial charge is 0.253 e. The van der Waals surface area contributed by atoms with Crippen LogP contribution in [0.15, 0.2) is 54.7 Å². The predicted octanol–water partition coefficient (Wildman–Crippen LogP) is 3.25. The first kappa shape index (κ1) is 13.4. The van der Waals surface area contributed by atoms with Crippen LogP contribution in [-0.2, 0) is 13.6 Å². The fourth-order valence-corrected chi connectivity index (χ4v) is 2.40. The summed E-state index contributed by atoms with van der Waals surface area (Å²) in [6.45, 7) is 0.377. The molecule has 0 aliphatic rings. The van der Waals surface area contributed by atoms with Crippen molar-refractivity contribution < 1.29 is 9.18 Å². The molecule has 0 atom stereocenters. The Morgan fingerprint density at radius 3 is 2.62 bits per heavy atom. The Kier molecular flexibility index (Phi) is 3.44. The summed E-state index contributed by atoms with van der Waals surface area (Å²) in [7, 11) is 1.92. The number of rotatable bonds is 3. The first-order valence-corrected chi connectivity index (χ1v) is 6.72. The highest BCUT2D eigenvalue weighted by Crippen LogP contribution is 2.20. The Labute approximate surface area is 122 Å². The van der Waals surface area contributed by atoms with Gasteiger partial charge in [0.1, 0.15) is 5.82 Å². The van der Waals surface area contributed by atoms with E-state index in [2.05, 4.69) is 5.32 Å². The van der Waals surface area contributed by atoms with Gasteiger partial charge in [0.05, 0.1) is 5.56 Å². The summed E-state index contributed by atoms with van der Waals surface area (Å²) in [5.74, 6) is -0.407. The van der Waals surface area contributed by atoms with Crippen molar-refractivity contribution in [2.75, 3.05) is 0 Å². The van der Waals surface area contributed by atoms with Crippen LogP contribution in [0, 0.1) is 5.82 Å². The molecule has 1 aromatic heterocycles. The second-order valence-corrected chi connectivity index (χ2v) is 4.98. The number of nitrogens with one attached hydrogen (secondary N) is 1. The number of carbonyl (C=O) groups is 1. The summed E-state index contributed by atoms with van der Waals surface area (Å²) < 4.78 is 14.8. The summed E-state index contributed by atoms with van der Waals surface area (Å²) in [6, 6.07) is 13.9. The SMILES string of the molecule is Cn1cc(C(=O)NCc2ccc(F)cc2)c2ccccc21. The van der Waals surface area contributed by atoms with Crippen LogP contribution in [0.1, 0.15) is 15.9 Å². The standard InChI is InChI=1S/C17H15FN2O/c1-20-11-15(14-4-2-3-5-16(14)20)17(21)19-10-12-6-8-13(18)9-7-12/h2-9,11H,10H2,1H3,(H,19,21). The van der Waals surface area contributed by atoms with Crippen molar-refractivity contribution in [3.63, 3.8) is 0 Å². The zero-order valence-corrected chi connectivity index (χ0v) is 11.6. The molecule has 0 aliphatic carbocycles. The molecule has 0 bridgehead atoms. The highest BCUT2D eigenvalue weighted by molar-refractivity contribution is 6.06. The molecule has 3 aromatic rings. The number of hydrogen-bond donors (Lipinski definition) is 1. The van der Waals surface area contributed by atoms with E-state index in [9.17, 15) is 9.18 Å². The highest BCUT2D eigenvalue weighted by Gasteiger charge is 2.13. The predicted molar refractivity (Wildman–Crippen MR) is 80.5 cm³/mol. The molecule has 3 rings (SSSR count). The first-order valence-electron chi connectivity index (χ1n) is 6.72. The third-order valence-corrected chi connectivity index (χ3v) is 3.51. The Hall–Kier alpha value is -2.62. The molecule has 0 unspecified atom stereocenters. The van der Waals surface area contributed by atoms with Gasteiger partial charge in [0.25, 0.3) is 5.91 Å². The molecule has 3 nitrogen and oxygen atoms in total. The molecule has 2 aromatic carbocycles. The van der Waals surface area contributed by atoms with E-state index in [1.54, 1.807) is 12.1 Å². The summed E-state index contributed by atoms with van der Waals surface area (Å²) >= 11 is 0. The average molecular weight is 282 g/mol. The van der Waals surface area contributed by atoms with Crippen molar-refractivity contribution >= 4 is 16.8 Å². The van der Waals surface area contributed by atoms with Crippen LogP contribution in [0.25, 0.3) is 10.9 Å².